The van der Waals surface area contributed by atoms with Crippen LogP contribution in [-0.2, 0) is 22.4 Å². The van der Waals surface area contributed by atoms with E-state index in [9.17, 15) is 19.5 Å². The zero-order chi connectivity index (χ0) is 18.8. The minimum atomic E-state index is -1.11. The number of thiophene rings is 1. The largest absolute Gasteiger partial charge is 0.507 e. The van der Waals surface area contributed by atoms with Crippen LogP contribution >= 0.6 is 11.3 Å². The number of anilines is 1. The van der Waals surface area contributed by atoms with Crippen LogP contribution in [0.2, 0.25) is 0 Å². The number of hydrogen-bond acceptors (Lipinski definition) is 6. The number of fused-ring (bicyclic) bond motifs is 1. The van der Waals surface area contributed by atoms with Crippen LogP contribution in [0.4, 0.5) is 5.00 Å². The Morgan fingerprint density at radius 1 is 1.27 bits per heavy atom. The van der Waals surface area contributed by atoms with Crippen LogP contribution < -0.4 is 11.1 Å². The van der Waals surface area contributed by atoms with Crippen LogP contribution in [0, 0.1) is 0 Å². The second-order valence-corrected chi connectivity index (χ2v) is 7.08. The highest BCUT2D eigenvalue weighted by atomic mass is 32.1. The molecule has 1 aliphatic rings. The van der Waals surface area contributed by atoms with Crippen molar-refractivity contribution in [1.29, 1.82) is 0 Å². The Balaban J connectivity index is 1.72. The second-order valence-electron chi connectivity index (χ2n) is 5.98. The molecule has 1 aromatic carbocycles. The van der Waals surface area contributed by atoms with Crippen molar-refractivity contribution in [2.24, 2.45) is 5.73 Å². The maximum atomic E-state index is 12.4. The molecule has 7 nitrogen and oxygen atoms in total. The predicted molar refractivity (Wildman–Crippen MR) is 96.5 cm³/mol. The Bertz CT molecular complexity index is 890. The lowest BCUT2D eigenvalue weighted by Crippen LogP contribution is -2.30. The van der Waals surface area contributed by atoms with Gasteiger partial charge in [0.2, 0.25) is 0 Å². The van der Waals surface area contributed by atoms with Crippen LogP contribution in [-0.4, -0.2) is 29.0 Å². The Morgan fingerprint density at radius 2 is 2.00 bits per heavy atom. The molecule has 1 aromatic heterocycles. The number of hydrogen-bond donors (Lipinski definition) is 3. The summed E-state index contributed by atoms with van der Waals surface area (Å²) in [5.74, 6) is -2.19. The molecule has 26 heavy (non-hydrogen) atoms. The zero-order valence-corrected chi connectivity index (χ0v) is 14.9. The molecule has 0 bridgehead atoms. The van der Waals surface area contributed by atoms with E-state index in [1.165, 1.54) is 30.4 Å². The van der Waals surface area contributed by atoms with Crippen molar-refractivity contribution in [1.82, 2.24) is 0 Å². The fourth-order valence-electron chi connectivity index (χ4n) is 2.89. The molecule has 2 amide bonds. The average Bonchev–Trinajstić information content (AvgIpc) is 3.15. The summed E-state index contributed by atoms with van der Waals surface area (Å²) in [6.07, 6.45) is 1.47. The van der Waals surface area contributed by atoms with Crippen LogP contribution in [0.15, 0.2) is 24.3 Å². The predicted octanol–water partition coefficient (Wildman–Crippen LogP) is 2.23. The number of carbonyl (C=O) groups is 3. The molecule has 4 N–H and O–H groups in total. The first-order valence-electron chi connectivity index (χ1n) is 8.12. The molecule has 0 fully saturated rings. The van der Waals surface area contributed by atoms with Crippen molar-refractivity contribution in [3.8, 4) is 5.75 Å². The number of aryl methyl sites for hydroxylation is 1. The second kappa shape index (κ2) is 7.17. The first-order chi connectivity index (χ1) is 12.4. The number of amides is 2. The third-order valence-electron chi connectivity index (χ3n) is 4.18. The molecule has 0 aliphatic heterocycles. The van der Waals surface area contributed by atoms with Crippen molar-refractivity contribution in [3.05, 3.63) is 45.8 Å². The molecule has 1 aliphatic carbocycles. The molecule has 0 saturated heterocycles. The van der Waals surface area contributed by atoms with Gasteiger partial charge in [0.25, 0.3) is 11.8 Å². The number of nitrogens with two attached hydrogens (primary N) is 1. The number of carbonyl (C=O) groups excluding carboxylic acids is 3. The summed E-state index contributed by atoms with van der Waals surface area (Å²) in [4.78, 5) is 37.3. The van der Waals surface area contributed by atoms with E-state index in [1.807, 2.05) is 0 Å². The molecule has 8 heteroatoms. The quantitative estimate of drug-likeness (QED) is 0.694. The number of para-hydroxylation sites is 1. The number of primary amides is 1. The Labute approximate surface area is 153 Å². The van der Waals surface area contributed by atoms with Gasteiger partial charge in [-0.1, -0.05) is 12.1 Å². The lowest BCUT2D eigenvalue weighted by molar-refractivity contribution is -0.123. The van der Waals surface area contributed by atoms with Crippen LogP contribution in [0.25, 0.3) is 0 Å². The lowest BCUT2D eigenvalue weighted by Gasteiger charge is -2.14. The molecule has 1 atom stereocenters. The summed E-state index contributed by atoms with van der Waals surface area (Å²) in [7, 11) is 0. The van der Waals surface area contributed by atoms with Gasteiger partial charge >= 0.3 is 5.97 Å². The van der Waals surface area contributed by atoms with Crippen LogP contribution in [0.3, 0.4) is 0 Å². The smallest absolute Gasteiger partial charge is 0.342 e. The number of phenols is 1. The molecule has 3 rings (SSSR count). The Morgan fingerprint density at radius 3 is 2.69 bits per heavy atom. The summed E-state index contributed by atoms with van der Waals surface area (Å²) in [6, 6.07) is 5.90. The third-order valence-corrected chi connectivity index (χ3v) is 5.39. The topological polar surface area (TPSA) is 119 Å². The number of nitrogens with one attached hydrogen (secondary N) is 1. The standard InChI is InChI=1S/C18H18N2O5S/c1-9(25-18(24)10-5-2-3-7-12(10)21)16(23)20-17-14(15(19)22)11-6-4-8-13(11)26-17/h2-3,5,7,9,21H,4,6,8H2,1H3,(H2,19,22)(H,20,23)/t9-/m0/s1. The van der Waals surface area contributed by atoms with Crippen molar-refractivity contribution in [2.75, 3.05) is 5.32 Å². The van der Waals surface area contributed by atoms with E-state index >= 15 is 0 Å². The molecule has 136 valence electrons. The van der Waals surface area contributed by atoms with E-state index in [0.29, 0.717) is 10.6 Å². The fourth-order valence-corrected chi connectivity index (χ4v) is 4.19. The molecule has 1 heterocycles. The van der Waals surface area contributed by atoms with Gasteiger partial charge in [-0.05, 0) is 43.9 Å². The number of esters is 1. The minimum absolute atomic E-state index is 0.0277. The van der Waals surface area contributed by atoms with Gasteiger partial charge < -0.3 is 20.9 Å². The Hall–Kier alpha value is -2.87. The normalized spacial score (nSPS) is 13.7. The minimum Gasteiger partial charge on any atom is -0.507 e. The van der Waals surface area contributed by atoms with Crippen molar-refractivity contribution < 1.29 is 24.2 Å². The molecule has 0 unspecified atom stereocenters. The monoisotopic (exact) mass is 374 g/mol. The van der Waals surface area contributed by atoms with Crippen LogP contribution in [0.5, 0.6) is 5.75 Å². The van der Waals surface area contributed by atoms with Gasteiger partial charge in [-0.3, -0.25) is 9.59 Å². The van der Waals surface area contributed by atoms with Gasteiger partial charge in [0, 0.05) is 4.88 Å². The molecule has 2 aromatic rings. The zero-order valence-electron chi connectivity index (χ0n) is 14.1. The molecular weight excluding hydrogens is 356 g/mol. The maximum Gasteiger partial charge on any atom is 0.342 e. The first kappa shape index (κ1) is 17.9. The van der Waals surface area contributed by atoms with Gasteiger partial charge in [0.05, 0.1) is 5.56 Å². The third kappa shape index (κ3) is 3.41. The van der Waals surface area contributed by atoms with Gasteiger partial charge in [-0.2, -0.15) is 0 Å². The number of rotatable bonds is 5. The lowest BCUT2D eigenvalue weighted by atomic mass is 10.1. The van der Waals surface area contributed by atoms with Crippen molar-refractivity contribution >= 4 is 34.1 Å². The molecular formula is C18H18N2O5S. The van der Waals surface area contributed by atoms with E-state index in [2.05, 4.69) is 5.32 Å². The highest BCUT2D eigenvalue weighted by Crippen LogP contribution is 2.38. The first-order valence-corrected chi connectivity index (χ1v) is 8.94. The number of benzene rings is 1. The van der Waals surface area contributed by atoms with Gasteiger partial charge in [-0.25, -0.2) is 4.79 Å². The van der Waals surface area contributed by atoms with E-state index in [1.54, 1.807) is 12.1 Å². The average molecular weight is 374 g/mol. The van der Waals surface area contributed by atoms with Crippen LogP contribution in [0.1, 0.15) is 44.5 Å². The Kier molecular flexibility index (Phi) is 4.94. The van der Waals surface area contributed by atoms with Gasteiger partial charge in [0.1, 0.15) is 16.3 Å². The highest BCUT2D eigenvalue weighted by molar-refractivity contribution is 7.17. The molecule has 0 radical (unpaired) electrons. The number of ether oxygens (including phenoxy) is 1. The number of phenolic OH excluding ortho intramolecular Hbond substituents is 1. The summed E-state index contributed by atoms with van der Waals surface area (Å²) in [6.45, 7) is 1.42. The van der Waals surface area contributed by atoms with E-state index in [-0.39, 0.29) is 11.3 Å². The van der Waals surface area contributed by atoms with E-state index in [0.717, 1.165) is 29.7 Å². The SMILES string of the molecule is C[C@H](OC(=O)c1ccccc1O)C(=O)Nc1sc2c(c1C(N)=O)CCC2. The highest BCUT2D eigenvalue weighted by Gasteiger charge is 2.28. The van der Waals surface area contributed by atoms with E-state index < -0.39 is 23.9 Å². The summed E-state index contributed by atoms with van der Waals surface area (Å²) in [5.41, 5.74) is 6.68. The van der Waals surface area contributed by atoms with E-state index in [4.69, 9.17) is 10.5 Å². The summed E-state index contributed by atoms with van der Waals surface area (Å²) >= 11 is 1.33. The maximum absolute atomic E-state index is 12.4. The molecule has 0 spiro atoms. The van der Waals surface area contributed by atoms with Crippen molar-refractivity contribution in [2.45, 2.75) is 32.3 Å². The van der Waals surface area contributed by atoms with Gasteiger partial charge in [-0.15, -0.1) is 11.3 Å². The summed E-state index contributed by atoms with van der Waals surface area (Å²) < 4.78 is 5.11. The number of aromatic hydroxyl groups is 1. The van der Waals surface area contributed by atoms with Crippen molar-refractivity contribution in [3.63, 3.8) is 0 Å². The fraction of sp³-hybridized carbons (Fsp3) is 0.278. The van der Waals surface area contributed by atoms with Gasteiger partial charge in [0.15, 0.2) is 6.10 Å². The summed E-state index contributed by atoms with van der Waals surface area (Å²) in [5, 5.41) is 12.7. The molecule has 0 saturated carbocycles.